The van der Waals surface area contributed by atoms with Crippen LogP contribution >= 0.6 is 15.9 Å². The summed E-state index contributed by atoms with van der Waals surface area (Å²) in [5.74, 6) is -12.7. The summed E-state index contributed by atoms with van der Waals surface area (Å²) in [5.41, 5.74) is -15.9. The maximum absolute atomic E-state index is 15.1. The average Bonchev–Trinajstić information content (AvgIpc) is 2.88. The Bertz CT molecular complexity index is 1600. The number of carbonyl (C=O) groups excluding carboxylic acids is 2. The Hall–Kier alpha value is -3.90. The van der Waals surface area contributed by atoms with Gasteiger partial charge in [-0.05, 0) is 58.4 Å². The maximum Gasteiger partial charge on any atom is 0.457 e. The fourth-order valence-electron chi connectivity index (χ4n) is 3.68. The Morgan fingerprint density at radius 1 is 0.682 bits per heavy atom. The summed E-state index contributed by atoms with van der Waals surface area (Å²) in [4.78, 5) is 25.0. The summed E-state index contributed by atoms with van der Waals surface area (Å²) in [6, 6.07) is 4.87. The van der Waals surface area contributed by atoms with Gasteiger partial charge in [0.2, 0.25) is 0 Å². The molecule has 0 aliphatic carbocycles. The van der Waals surface area contributed by atoms with Crippen LogP contribution in [0, 0.1) is 11.6 Å². The predicted molar refractivity (Wildman–Crippen MR) is 128 cm³/mol. The van der Waals surface area contributed by atoms with Crippen molar-refractivity contribution in [3.05, 3.63) is 93.0 Å². The molecule has 0 bridgehead atoms. The van der Waals surface area contributed by atoms with E-state index in [0.29, 0.717) is 6.07 Å². The van der Waals surface area contributed by atoms with Gasteiger partial charge in [-0.15, -0.1) is 0 Å². The number of rotatable bonds is 6. The van der Waals surface area contributed by atoms with Crippen molar-refractivity contribution in [2.24, 2.45) is 0 Å². The average molecular weight is 717 g/mol. The molecule has 0 heterocycles. The van der Waals surface area contributed by atoms with Gasteiger partial charge in [0.1, 0.15) is 5.82 Å². The van der Waals surface area contributed by atoms with E-state index in [2.05, 4.69) is 15.9 Å². The number of benzene rings is 3. The highest BCUT2D eigenvalue weighted by molar-refractivity contribution is 9.10. The van der Waals surface area contributed by atoms with Gasteiger partial charge in [-0.1, -0.05) is 12.1 Å². The van der Waals surface area contributed by atoms with E-state index >= 15 is 4.39 Å². The number of alkyl halides is 12. The van der Waals surface area contributed by atoms with E-state index in [4.69, 9.17) is 0 Å². The topological polar surface area (TPSA) is 58.2 Å². The van der Waals surface area contributed by atoms with Gasteiger partial charge in [0.05, 0.1) is 22.5 Å². The van der Waals surface area contributed by atoms with E-state index in [-0.39, 0.29) is 5.56 Å². The molecule has 3 aromatic carbocycles. The number of nitrogens with one attached hydrogen (secondary N) is 2. The van der Waals surface area contributed by atoms with E-state index < -0.39 is 98.2 Å². The first-order chi connectivity index (χ1) is 19.9. The summed E-state index contributed by atoms with van der Waals surface area (Å²) in [6.45, 7) is 0. The molecule has 0 radical (unpaired) electrons. The molecule has 0 saturated heterocycles. The molecule has 0 spiro atoms. The van der Waals surface area contributed by atoms with Gasteiger partial charge in [0.15, 0.2) is 5.82 Å². The summed E-state index contributed by atoms with van der Waals surface area (Å²) >= 11 is 2.21. The van der Waals surface area contributed by atoms with Crippen molar-refractivity contribution in [1.29, 1.82) is 0 Å². The van der Waals surface area contributed by atoms with Gasteiger partial charge in [-0.25, -0.2) is 13.2 Å². The second-order valence-corrected chi connectivity index (χ2v) is 9.55. The lowest BCUT2D eigenvalue weighted by Crippen LogP contribution is -2.59. The van der Waals surface area contributed by atoms with Crippen molar-refractivity contribution < 1.29 is 71.1 Å². The van der Waals surface area contributed by atoms with Crippen LogP contribution in [0.2, 0.25) is 0 Å². The van der Waals surface area contributed by atoms with Crippen molar-refractivity contribution in [2.75, 3.05) is 10.6 Å². The first kappa shape index (κ1) is 34.6. The molecule has 238 valence electrons. The van der Waals surface area contributed by atoms with Crippen LogP contribution in [0.3, 0.4) is 0 Å². The third-order valence-corrected chi connectivity index (χ3v) is 6.42. The Kier molecular flexibility index (Phi) is 9.08. The summed E-state index contributed by atoms with van der Waals surface area (Å²) in [5, 5.41) is 3.39. The fraction of sp³-hybridized carbons (Fsp3) is 0.200. The lowest BCUT2D eigenvalue weighted by Gasteiger charge is -2.36. The maximum atomic E-state index is 15.1. The number of hydrogen-bond acceptors (Lipinski definition) is 2. The molecule has 0 aliphatic heterocycles. The van der Waals surface area contributed by atoms with Crippen LogP contribution in [0.25, 0.3) is 0 Å². The normalized spacial score (nSPS) is 14.2. The van der Waals surface area contributed by atoms with E-state index in [9.17, 15) is 66.7 Å². The van der Waals surface area contributed by atoms with E-state index in [1.807, 2.05) is 5.32 Å². The van der Waals surface area contributed by atoms with Gasteiger partial charge in [-0.2, -0.15) is 48.3 Å². The molecule has 44 heavy (non-hydrogen) atoms. The molecule has 2 amide bonds. The van der Waals surface area contributed by atoms with Crippen LogP contribution in [-0.4, -0.2) is 30.1 Å². The molecule has 2 N–H and O–H groups in total. The zero-order valence-electron chi connectivity index (χ0n) is 20.7. The minimum atomic E-state index is -7.30. The fourth-order valence-corrected chi connectivity index (χ4v) is 4.24. The lowest BCUT2D eigenvalue weighted by molar-refractivity contribution is -0.389. The van der Waals surface area contributed by atoms with Crippen LogP contribution in [0.15, 0.2) is 59.1 Å². The minimum Gasteiger partial charge on any atom is -0.320 e. The predicted octanol–water partition coefficient (Wildman–Crippen LogP) is 9.18. The Morgan fingerprint density at radius 3 is 1.80 bits per heavy atom. The van der Waals surface area contributed by atoms with E-state index in [1.54, 1.807) is 0 Å². The highest BCUT2D eigenvalue weighted by Crippen LogP contribution is 2.59. The second kappa shape index (κ2) is 11.6. The van der Waals surface area contributed by atoms with Crippen LogP contribution < -0.4 is 10.6 Å². The Labute approximate surface area is 244 Å². The Balaban J connectivity index is 2.09. The minimum absolute atomic E-state index is 0.322. The van der Waals surface area contributed by atoms with Gasteiger partial charge >= 0.3 is 30.1 Å². The molecular formula is C25H11BrF14N2O2. The highest BCUT2D eigenvalue weighted by Gasteiger charge is 2.82. The molecule has 3 rings (SSSR count). The third-order valence-electron chi connectivity index (χ3n) is 5.79. The van der Waals surface area contributed by atoms with Crippen LogP contribution in [-0.2, 0) is 11.8 Å². The second-order valence-electron chi connectivity index (χ2n) is 8.69. The van der Waals surface area contributed by atoms with Crippen molar-refractivity contribution in [1.82, 2.24) is 0 Å². The first-order valence-electron chi connectivity index (χ1n) is 11.2. The van der Waals surface area contributed by atoms with Gasteiger partial charge in [0.25, 0.3) is 11.8 Å². The van der Waals surface area contributed by atoms with Crippen molar-refractivity contribution >= 4 is 39.1 Å². The molecule has 4 nitrogen and oxygen atoms in total. The standard InChI is InChI=1S/C25H11BrF14N2O2/c26-15-9-11(21(29,24(35,36)37)23(33,34)25(38,39)40)8-14(22(30,31)32)18(15)42-20(44)13-5-2-6-16(17(13)28)41-19(43)10-3-1-4-12(27)7-10/h1-9H,(H,41,43)(H,42,44). The molecule has 1 atom stereocenters. The van der Waals surface area contributed by atoms with Crippen molar-refractivity contribution in [3.63, 3.8) is 0 Å². The number of hydrogen-bond donors (Lipinski definition) is 2. The first-order valence-corrected chi connectivity index (χ1v) is 12.0. The zero-order valence-corrected chi connectivity index (χ0v) is 22.3. The van der Waals surface area contributed by atoms with Crippen LogP contribution in [0.5, 0.6) is 0 Å². The summed E-state index contributed by atoms with van der Waals surface area (Å²) < 4.78 is 190. The molecule has 0 fully saturated rings. The number of amides is 2. The van der Waals surface area contributed by atoms with E-state index in [0.717, 1.165) is 36.4 Å². The SMILES string of the molecule is O=C(Nc1cccc(C(=O)Nc2c(Br)cc(C(F)(C(F)(F)F)C(F)(F)C(F)(F)F)cc2C(F)(F)F)c1F)c1cccc(F)c1. The molecule has 0 saturated carbocycles. The number of halogens is 15. The largest absolute Gasteiger partial charge is 0.457 e. The zero-order chi connectivity index (χ0) is 33.6. The van der Waals surface area contributed by atoms with Gasteiger partial charge < -0.3 is 10.6 Å². The molecule has 3 aromatic rings. The third kappa shape index (κ3) is 6.32. The quantitative estimate of drug-likeness (QED) is 0.250. The number of carbonyl (C=O) groups is 2. The lowest BCUT2D eigenvalue weighted by atomic mass is 9.86. The number of anilines is 2. The smallest absolute Gasteiger partial charge is 0.320 e. The molecule has 0 aromatic heterocycles. The Morgan fingerprint density at radius 2 is 1.27 bits per heavy atom. The highest BCUT2D eigenvalue weighted by atomic mass is 79.9. The van der Waals surface area contributed by atoms with Gasteiger partial charge in [0, 0.05) is 15.6 Å². The molecule has 19 heteroatoms. The van der Waals surface area contributed by atoms with Gasteiger partial charge in [-0.3, -0.25) is 9.59 Å². The van der Waals surface area contributed by atoms with Crippen LogP contribution in [0.4, 0.5) is 72.8 Å². The van der Waals surface area contributed by atoms with Crippen molar-refractivity contribution in [3.8, 4) is 0 Å². The summed E-state index contributed by atoms with van der Waals surface area (Å²) in [7, 11) is 0. The monoisotopic (exact) mass is 716 g/mol. The molecule has 1 unspecified atom stereocenters. The summed E-state index contributed by atoms with van der Waals surface area (Å²) in [6.07, 6.45) is -20.3. The molecule has 0 aliphatic rings. The van der Waals surface area contributed by atoms with Crippen LogP contribution in [0.1, 0.15) is 31.8 Å². The van der Waals surface area contributed by atoms with E-state index in [1.165, 1.54) is 5.32 Å². The molecular weight excluding hydrogens is 706 g/mol. The van der Waals surface area contributed by atoms with Crippen molar-refractivity contribution in [2.45, 2.75) is 30.1 Å².